The fourth-order valence-electron chi connectivity index (χ4n) is 2.36. The molecule has 0 unspecified atom stereocenters. The summed E-state index contributed by atoms with van der Waals surface area (Å²) in [6.45, 7) is 1.94. The van der Waals surface area contributed by atoms with Crippen molar-refractivity contribution in [1.82, 2.24) is 0 Å². The quantitative estimate of drug-likeness (QED) is 0.711. The highest BCUT2D eigenvalue weighted by molar-refractivity contribution is 6.04. The number of nitrogens with one attached hydrogen (secondary N) is 1. The van der Waals surface area contributed by atoms with E-state index in [1.807, 2.05) is 55.5 Å². The molecule has 0 saturated heterocycles. The summed E-state index contributed by atoms with van der Waals surface area (Å²) in [7, 11) is 1.59. The molecule has 0 fully saturated rings. The molecule has 4 heteroatoms. The molecule has 0 atom stereocenters. The first-order chi connectivity index (χ1) is 12.2. The molecule has 0 spiro atoms. The van der Waals surface area contributed by atoms with Gasteiger partial charge in [-0.3, -0.25) is 4.79 Å². The number of aryl methyl sites for hydroxylation is 1. The van der Waals surface area contributed by atoms with Gasteiger partial charge in [0.15, 0.2) is 0 Å². The number of benzene rings is 3. The van der Waals surface area contributed by atoms with Crippen molar-refractivity contribution in [3.63, 3.8) is 0 Å². The molecule has 1 amide bonds. The van der Waals surface area contributed by atoms with Crippen LogP contribution in [0, 0.1) is 6.92 Å². The van der Waals surface area contributed by atoms with E-state index in [2.05, 4.69) is 5.32 Å². The molecule has 0 saturated carbocycles. The van der Waals surface area contributed by atoms with Gasteiger partial charge >= 0.3 is 0 Å². The van der Waals surface area contributed by atoms with E-state index >= 15 is 0 Å². The Balaban J connectivity index is 1.76. The topological polar surface area (TPSA) is 47.6 Å². The highest BCUT2D eigenvalue weighted by Gasteiger charge is 2.09. The lowest BCUT2D eigenvalue weighted by Crippen LogP contribution is -2.12. The molecule has 4 nitrogen and oxygen atoms in total. The maximum Gasteiger partial charge on any atom is 0.255 e. The zero-order valence-electron chi connectivity index (χ0n) is 14.2. The van der Waals surface area contributed by atoms with Crippen molar-refractivity contribution in [3.8, 4) is 17.2 Å². The van der Waals surface area contributed by atoms with Crippen LogP contribution in [0.4, 0.5) is 5.69 Å². The van der Waals surface area contributed by atoms with Gasteiger partial charge in [-0.05, 0) is 55.0 Å². The molecular weight excluding hydrogens is 314 g/mol. The average molecular weight is 333 g/mol. The van der Waals surface area contributed by atoms with Crippen molar-refractivity contribution in [1.29, 1.82) is 0 Å². The predicted octanol–water partition coefficient (Wildman–Crippen LogP) is 5.05. The molecule has 0 aromatic heterocycles. The zero-order valence-corrected chi connectivity index (χ0v) is 14.2. The van der Waals surface area contributed by atoms with Crippen LogP contribution in [0.25, 0.3) is 0 Å². The van der Waals surface area contributed by atoms with Crippen molar-refractivity contribution < 1.29 is 14.3 Å². The SMILES string of the molecule is COc1ccc(C(=O)Nc2cc(Oc3ccccc3)ccc2C)cc1. The van der Waals surface area contributed by atoms with E-state index in [9.17, 15) is 4.79 Å². The van der Waals surface area contributed by atoms with Crippen LogP contribution in [0.1, 0.15) is 15.9 Å². The number of anilines is 1. The fourth-order valence-corrected chi connectivity index (χ4v) is 2.36. The summed E-state index contributed by atoms with van der Waals surface area (Å²) >= 11 is 0. The second-order valence-electron chi connectivity index (χ2n) is 5.57. The molecular formula is C21H19NO3. The van der Waals surface area contributed by atoms with Crippen LogP contribution in [-0.2, 0) is 0 Å². The molecule has 0 aliphatic carbocycles. The summed E-state index contributed by atoms with van der Waals surface area (Å²) in [5, 5.41) is 2.93. The number of para-hydroxylation sites is 1. The van der Waals surface area contributed by atoms with E-state index < -0.39 is 0 Å². The van der Waals surface area contributed by atoms with E-state index in [0.717, 1.165) is 11.3 Å². The van der Waals surface area contributed by atoms with Gasteiger partial charge in [0.1, 0.15) is 17.2 Å². The minimum Gasteiger partial charge on any atom is -0.497 e. The van der Waals surface area contributed by atoms with Gasteiger partial charge in [-0.15, -0.1) is 0 Å². The smallest absolute Gasteiger partial charge is 0.255 e. The Bertz CT molecular complexity index is 858. The molecule has 126 valence electrons. The normalized spacial score (nSPS) is 10.2. The van der Waals surface area contributed by atoms with Crippen LogP contribution < -0.4 is 14.8 Å². The Morgan fingerprint density at radius 1 is 0.840 bits per heavy atom. The van der Waals surface area contributed by atoms with Crippen LogP contribution in [-0.4, -0.2) is 13.0 Å². The predicted molar refractivity (Wildman–Crippen MR) is 98.6 cm³/mol. The molecule has 0 aliphatic rings. The van der Waals surface area contributed by atoms with Crippen LogP contribution >= 0.6 is 0 Å². The summed E-state index contributed by atoms with van der Waals surface area (Å²) in [5.41, 5.74) is 2.24. The molecule has 0 bridgehead atoms. The number of hydrogen-bond acceptors (Lipinski definition) is 3. The average Bonchev–Trinajstić information content (AvgIpc) is 2.65. The second kappa shape index (κ2) is 7.53. The van der Waals surface area contributed by atoms with Crippen molar-refractivity contribution in [2.75, 3.05) is 12.4 Å². The summed E-state index contributed by atoms with van der Waals surface area (Å²) in [5.74, 6) is 1.95. The van der Waals surface area contributed by atoms with Crippen LogP contribution in [0.15, 0.2) is 72.8 Å². The lowest BCUT2D eigenvalue weighted by atomic mass is 10.1. The number of methoxy groups -OCH3 is 1. The maximum absolute atomic E-state index is 12.4. The minimum absolute atomic E-state index is 0.178. The van der Waals surface area contributed by atoms with E-state index in [1.54, 1.807) is 31.4 Å². The number of ether oxygens (including phenoxy) is 2. The van der Waals surface area contributed by atoms with Gasteiger partial charge in [0, 0.05) is 17.3 Å². The maximum atomic E-state index is 12.4. The van der Waals surface area contributed by atoms with Gasteiger partial charge in [0.05, 0.1) is 7.11 Å². The number of carbonyl (C=O) groups excluding carboxylic acids is 1. The van der Waals surface area contributed by atoms with Gasteiger partial charge in [0.25, 0.3) is 5.91 Å². The summed E-state index contributed by atoms with van der Waals surface area (Å²) in [4.78, 5) is 12.4. The summed E-state index contributed by atoms with van der Waals surface area (Å²) in [6, 6.07) is 22.1. The summed E-state index contributed by atoms with van der Waals surface area (Å²) in [6.07, 6.45) is 0. The van der Waals surface area contributed by atoms with E-state index in [4.69, 9.17) is 9.47 Å². The van der Waals surface area contributed by atoms with Crippen LogP contribution in [0.5, 0.6) is 17.2 Å². The van der Waals surface area contributed by atoms with Gasteiger partial charge in [-0.1, -0.05) is 24.3 Å². The lowest BCUT2D eigenvalue weighted by Gasteiger charge is -2.12. The highest BCUT2D eigenvalue weighted by atomic mass is 16.5. The van der Waals surface area contributed by atoms with Crippen LogP contribution in [0.2, 0.25) is 0 Å². The first-order valence-corrected chi connectivity index (χ1v) is 7.94. The number of amides is 1. The lowest BCUT2D eigenvalue weighted by molar-refractivity contribution is 0.102. The molecule has 0 radical (unpaired) electrons. The Kier molecular flexibility index (Phi) is 5.00. The molecule has 0 aliphatic heterocycles. The van der Waals surface area contributed by atoms with E-state index in [-0.39, 0.29) is 5.91 Å². The minimum atomic E-state index is -0.178. The zero-order chi connectivity index (χ0) is 17.6. The first-order valence-electron chi connectivity index (χ1n) is 7.94. The molecule has 25 heavy (non-hydrogen) atoms. The number of carbonyl (C=O) groups is 1. The Morgan fingerprint density at radius 3 is 2.20 bits per heavy atom. The number of rotatable bonds is 5. The van der Waals surface area contributed by atoms with E-state index in [0.29, 0.717) is 22.7 Å². The Labute approximate surface area is 147 Å². The Morgan fingerprint density at radius 2 is 1.52 bits per heavy atom. The molecule has 3 aromatic rings. The van der Waals surface area contributed by atoms with Crippen molar-refractivity contribution in [2.45, 2.75) is 6.92 Å². The monoisotopic (exact) mass is 333 g/mol. The molecule has 1 N–H and O–H groups in total. The second-order valence-corrected chi connectivity index (χ2v) is 5.57. The first kappa shape index (κ1) is 16.6. The van der Waals surface area contributed by atoms with Crippen LogP contribution in [0.3, 0.4) is 0 Å². The molecule has 3 aromatic carbocycles. The van der Waals surface area contributed by atoms with Gasteiger partial charge in [-0.2, -0.15) is 0 Å². The largest absolute Gasteiger partial charge is 0.497 e. The third-order valence-electron chi connectivity index (χ3n) is 3.79. The summed E-state index contributed by atoms with van der Waals surface area (Å²) < 4.78 is 10.9. The fraction of sp³-hybridized carbons (Fsp3) is 0.0952. The van der Waals surface area contributed by atoms with Crippen molar-refractivity contribution >= 4 is 11.6 Å². The third kappa shape index (κ3) is 4.18. The Hall–Kier alpha value is -3.27. The van der Waals surface area contributed by atoms with Crippen molar-refractivity contribution in [2.24, 2.45) is 0 Å². The van der Waals surface area contributed by atoms with Gasteiger partial charge in [-0.25, -0.2) is 0 Å². The standard InChI is InChI=1S/C21H19NO3/c1-15-8-11-19(25-18-6-4-3-5-7-18)14-20(15)22-21(23)16-9-12-17(24-2)13-10-16/h3-14H,1-2H3,(H,22,23). The van der Waals surface area contributed by atoms with E-state index in [1.165, 1.54) is 0 Å². The van der Waals surface area contributed by atoms with Gasteiger partial charge < -0.3 is 14.8 Å². The highest BCUT2D eigenvalue weighted by Crippen LogP contribution is 2.27. The number of hydrogen-bond donors (Lipinski definition) is 1. The molecule has 3 rings (SSSR count). The molecule has 0 heterocycles. The van der Waals surface area contributed by atoms with Gasteiger partial charge in [0.2, 0.25) is 0 Å². The van der Waals surface area contributed by atoms with Crippen molar-refractivity contribution in [3.05, 3.63) is 83.9 Å². The third-order valence-corrected chi connectivity index (χ3v) is 3.79.